The predicted molar refractivity (Wildman–Crippen MR) is 77.7 cm³/mol. The highest BCUT2D eigenvalue weighted by molar-refractivity contribution is 5.66. The van der Waals surface area contributed by atoms with Crippen LogP contribution >= 0.6 is 0 Å². The van der Waals surface area contributed by atoms with Crippen LogP contribution in [0.5, 0.6) is 0 Å². The predicted octanol–water partition coefficient (Wildman–Crippen LogP) is 2.93. The molecule has 0 aromatic heterocycles. The van der Waals surface area contributed by atoms with Crippen LogP contribution in [0.3, 0.4) is 0 Å². The maximum absolute atomic E-state index is 13.3. The fourth-order valence-electron chi connectivity index (χ4n) is 3.28. The molecule has 1 saturated heterocycles. The first kappa shape index (κ1) is 14.3. The Balaban J connectivity index is 1.85. The summed E-state index contributed by atoms with van der Waals surface area (Å²) in [5.74, 6) is -0.0189. The fraction of sp³-hybridized carbons (Fsp3) is 0.562. The second kappa shape index (κ2) is 5.64. The molecule has 2 unspecified atom stereocenters. The Morgan fingerprint density at radius 3 is 2.81 bits per heavy atom. The first-order valence-electron chi connectivity index (χ1n) is 7.55. The van der Waals surface area contributed by atoms with Crippen molar-refractivity contribution in [1.29, 1.82) is 0 Å². The summed E-state index contributed by atoms with van der Waals surface area (Å²) < 4.78 is 13.3. The van der Waals surface area contributed by atoms with E-state index in [0.717, 1.165) is 24.1 Å². The zero-order chi connectivity index (χ0) is 15.0. The maximum atomic E-state index is 13.3. The van der Waals surface area contributed by atoms with Gasteiger partial charge in [-0.05, 0) is 55.4 Å². The molecule has 2 aliphatic rings. The Morgan fingerprint density at radius 1 is 1.43 bits per heavy atom. The largest absolute Gasteiger partial charge is 0.465 e. The molecule has 1 saturated carbocycles. The maximum Gasteiger partial charge on any atom is 0.407 e. The average Bonchev–Trinajstić information content (AvgIpc) is 3.16. The molecule has 5 heteroatoms. The van der Waals surface area contributed by atoms with Crippen molar-refractivity contribution < 1.29 is 14.3 Å². The quantitative estimate of drug-likeness (QED) is 0.897. The summed E-state index contributed by atoms with van der Waals surface area (Å²) in [6, 6.07) is 5.08. The molecular weight excluding hydrogens is 271 g/mol. The van der Waals surface area contributed by atoms with Gasteiger partial charge in [0.2, 0.25) is 0 Å². The van der Waals surface area contributed by atoms with Crippen molar-refractivity contribution in [2.45, 2.75) is 38.3 Å². The highest BCUT2D eigenvalue weighted by Gasteiger charge is 2.39. The van der Waals surface area contributed by atoms with E-state index in [9.17, 15) is 14.3 Å². The first-order valence-corrected chi connectivity index (χ1v) is 7.55. The van der Waals surface area contributed by atoms with E-state index in [1.54, 1.807) is 6.07 Å². The third-order valence-corrected chi connectivity index (χ3v) is 4.57. The van der Waals surface area contributed by atoms with Crippen LogP contribution in [-0.4, -0.2) is 35.2 Å². The van der Waals surface area contributed by atoms with Crippen molar-refractivity contribution in [3.63, 3.8) is 0 Å². The summed E-state index contributed by atoms with van der Waals surface area (Å²) in [6.45, 7) is 3.23. The van der Waals surface area contributed by atoms with Crippen LogP contribution in [0.25, 0.3) is 0 Å². The molecule has 4 nitrogen and oxygen atoms in total. The topological polar surface area (TPSA) is 52.6 Å². The zero-order valence-electron chi connectivity index (χ0n) is 12.2. The van der Waals surface area contributed by atoms with Gasteiger partial charge < -0.3 is 15.3 Å². The number of hydrogen-bond donors (Lipinski definition) is 2. The lowest BCUT2D eigenvalue weighted by atomic mass is 9.90. The highest BCUT2D eigenvalue weighted by atomic mass is 19.1. The van der Waals surface area contributed by atoms with Gasteiger partial charge in [0, 0.05) is 19.1 Å². The van der Waals surface area contributed by atoms with Crippen LogP contribution < -0.4 is 5.32 Å². The highest BCUT2D eigenvalue weighted by Crippen LogP contribution is 2.39. The second-order valence-corrected chi connectivity index (χ2v) is 6.15. The van der Waals surface area contributed by atoms with E-state index in [2.05, 4.69) is 5.32 Å². The first-order chi connectivity index (χ1) is 10.1. The minimum atomic E-state index is -0.891. The minimum absolute atomic E-state index is 0.172. The zero-order valence-corrected chi connectivity index (χ0v) is 12.2. The molecule has 2 N–H and O–H groups in total. The van der Waals surface area contributed by atoms with E-state index < -0.39 is 6.09 Å². The third kappa shape index (κ3) is 3.02. The van der Waals surface area contributed by atoms with E-state index in [4.69, 9.17) is 0 Å². The molecule has 1 heterocycles. The van der Waals surface area contributed by atoms with E-state index in [1.807, 2.05) is 6.92 Å². The molecule has 2 atom stereocenters. The Morgan fingerprint density at radius 2 is 2.19 bits per heavy atom. The standard InChI is InChI=1S/C16H21FN2O2/c1-10-8-12(17)2-5-14(10)15-11(9-18-13-3-4-13)6-7-19(15)16(20)21/h2,5,8,11,13,15,18H,3-4,6-7,9H2,1H3,(H,20,21). The smallest absolute Gasteiger partial charge is 0.407 e. The molecule has 0 radical (unpaired) electrons. The molecule has 0 spiro atoms. The number of hydrogen-bond acceptors (Lipinski definition) is 2. The van der Waals surface area contributed by atoms with Gasteiger partial charge in [0.05, 0.1) is 6.04 Å². The summed E-state index contributed by atoms with van der Waals surface area (Å²) in [5, 5.41) is 12.9. The molecule has 114 valence electrons. The number of benzene rings is 1. The van der Waals surface area contributed by atoms with Crippen LogP contribution in [0, 0.1) is 18.7 Å². The van der Waals surface area contributed by atoms with Crippen molar-refractivity contribution in [3.05, 3.63) is 35.1 Å². The van der Waals surface area contributed by atoms with Gasteiger partial charge in [0.1, 0.15) is 5.82 Å². The molecule has 1 aliphatic carbocycles. The van der Waals surface area contributed by atoms with Crippen LogP contribution in [0.2, 0.25) is 0 Å². The monoisotopic (exact) mass is 292 g/mol. The van der Waals surface area contributed by atoms with Crippen molar-refractivity contribution in [2.24, 2.45) is 5.92 Å². The van der Waals surface area contributed by atoms with Gasteiger partial charge in [-0.2, -0.15) is 0 Å². The molecular formula is C16H21FN2O2. The van der Waals surface area contributed by atoms with Crippen LogP contribution in [0.4, 0.5) is 9.18 Å². The van der Waals surface area contributed by atoms with Crippen LogP contribution in [0.15, 0.2) is 18.2 Å². The van der Waals surface area contributed by atoms with Gasteiger partial charge in [-0.15, -0.1) is 0 Å². The molecule has 1 aromatic carbocycles. The van der Waals surface area contributed by atoms with Crippen molar-refractivity contribution in [1.82, 2.24) is 10.2 Å². The molecule has 0 bridgehead atoms. The Kier molecular flexibility index (Phi) is 3.85. The molecule has 21 heavy (non-hydrogen) atoms. The summed E-state index contributed by atoms with van der Waals surface area (Å²) >= 11 is 0. The van der Waals surface area contributed by atoms with E-state index in [-0.39, 0.29) is 17.8 Å². The summed E-state index contributed by atoms with van der Waals surface area (Å²) in [4.78, 5) is 13.0. The molecule has 1 amide bonds. The Hall–Kier alpha value is -1.62. The van der Waals surface area contributed by atoms with Crippen LogP contribution in [0.1, 0.15) is 36.4 Å². The lowest BCUT2D eigenvalue weighted by Crippen LogP contribution is -2.34. The van der Waals surface area contributed by atoms with Gasteiger partial charge in [-0.25, -0.2) is 9.18 Å². The number of likely N-dealkylation sites (tertiary alicyclic amines) is 1. The van der Waals surface area contributed by atoms with Gasteiger partial charge in [-0.3, -0.25) is 0 Å². The molecule has 3 rings (SSSR count). The number of nitrogens with one attached hydrogen (secondary N) is 1. The lowest BCUT2D eigenvalue weighted by Gasteiger charge is -2.28. The van der Waals surface area contributed by atoms with Gasteiger partial charge >= 0.3 is 6.09 Å². The van der Waals surface area contributed by atoms with Gasteiger partial charge in [0.25, 0.3) is 0 Å². The summed E-state index contributed by atoms with van der Waals surface area (Å²) in [7, 11) is 0. The number of carboxylic acid groups (broad SMARTS) is 1. The summed E-state index contributed by atoms with van der Waals surface area (Å²) in [5.41, 5.74) is 1.75. The Bertz CT molecular complexity index is 545. The van der Waals surface area contributed by atoms with Crippen molar-refractivity contribution in [2.75, 3.05) is 13.1 Å². The molecule has 1 aliphatic heterocycles. The third-order valence-electron chi connectivity index (χ3n) is 4.57. The van der Waals surface area contributed by atoms with Crippen LogP contribution in [-0.2, 0) is 0 Å². The fourth-order valence-corrected chi connectivity index (χ4v) is 3.28. The second-order valence-electron chi connectivity index (χ2n) is 6.15. The molecule has 1 aromatic rings. The van der Waals surface area contributed by atoms with Crippen molar-refractivity contribution in [3.8, 4) is 0 Å². The summed E-state index contributed by atoms with van der Waals surface area (Å²) in [6.07, 6.45) is 2.40. The van der Waals surface area contributed by atoms with Gasteiger partial charge in [-0.1, -0.05) is 6.07 Å². The van der Waals surface area contributed by atoms with Crippen molar-refractivity contribution >= 4 is 6.09 Å². The van der Waals surface area contributed by atoms with E-state index in [0.29, 0.717) is 12.6 Å². The number of carbonyl (C=O) groups is 1. The normalized spacial score (nSPS) is 25.3. The minimum Gasteiger partial charge on any atom is -0.465 e. The van der Waals surface area contributed by atoms with E-state index in [1.165, 1.54) is 29.9 Å². The SMILES string of the molecule is Cc1cc(F)ccc1C1C(CNC2CC2)CCN1C(=O)O. The Labute approximate surface area is 124 Å². The molecule has 2 fully saturated rings. The number of halogens is 1. The number of amides is 1. The number of aryl methyl sites for hydroxylation is 1. The number of nitrogens with zero attached hydrogens (tertiary/aromatic N) is 1. The average molecular weight is 292 g/mol. The lowest BCUT2D eigenvalue weighted by molar-refractivity contribution is 0.134. The van der Waals surface area contributed by atoms with Gasteiger partial charge in [0.15, 0.2) is 0 Å². The van der Waals surface area contributed by atoms with E-state index >= 15 is 0 Å². The number of rotatable bonds is 4.